The molecule has 1 unspecified atom stereocenters. The van der Waals surface area contributed by atoms with Gasteiger partial charge < -0.3 is 9.52 Å². The summed E-state index contributed by atoms with van der Waals surface area (Å²) in [7, 11) is 0. The third-order valence-corrected chi connectivity index (χ3v) is 2.59. The van der Waals surface area contributed by atoms with Crippen LogP contribution in [0.2, 0.25) is 0 Å². The van der Waals surface area contributed by atoms with E-state index in [1.807, 2.05) is 32.9 Å². The lowest BCUT2D eigenvalue weighted by molar-refractivity contribution is 0.217. The second-order valence-electron chi connectivity index (χ2n) is 4.07. The molecular weight excluding hydrogens is 202 g/mol. The van der Waals surface area contributed by atoms with E-state index in [2.05, 4.69) is 4.98 Å². The first-order valence-electron chi connectivity index (χ1n) is 5.24. The highest BCUT2D eigenvalue weighted by molar-refractivity contribution is 5.32. The van der Waals surface area contributed by atoms with Gasteiger partial charge in [0.25, 0.3) is 0 Å². The lowest BCUT2D eigenvalue weighted by Crippen LogP contribution is -2.00. The van der Waals surface area contributed by atoms with Gasteiger partial charge in [-0.15, -0.1) is 0 Å². The van der Waals surface area contributed by atoms with Crippen LogP contribution in [0.1, 0.15) is 34.3 Å². The standard InChI is InChI=1S/C13H15NO2/c1-8-4-11(7-14-6-8)13(15)12-5-9(2)16-10(12)3/h4-7,13,15H,1-3H3. The number of furan rings is 1. The minimum absolute atomic E-state index is 0.662. The Morgan fingerprint density at radius 1 is 1.19 bits per heavy atom. The molecule has 84 valence electrons. The SMILES string of the molecule is Cc1cncc(C(O)c2cc(C)oc2C)c1. The molecule has 0 aromatic carbocycles. The van der Waals surface area contributed by atoms with Gasteiger partial charge in [0.15, 0.2) is 0 Å². The second kappa shape index (κ2) is 4.10. The molecule has 2 aromatic heterocycles. The summed E-state index contributed by atoms with van der Waals surface area (Å²) in [5.41, 5.74) is 2.64. The van der Waals surface area contributed by atoms with Crippen LogP contribution in [0.3, 0.4) is 0 Å². The van der Waals surface area contributed by atoms with Crippen molar-refractivity contribution in [3.63, 3.8) is 0 Å². The number of pyridine rings is 1. The van der Waals surface area contributed by atoms with Crippen LogP contribution in [0.25, 0.3) is 0 Å². The third kappa shape index (κ3) is 1.99. The van der Waals surface area contributed by atoms with Crippen LogP contribution < -0.4 is 0 Å². The topological polar surface area (TPSA) is 46.3 Å². The van der Waals surface area contributed by atoms with Crippen molar-refractivity contribution in [2.24, 2.45) is 0 Å². The smallest absolute Gasteiger partial charge is 0.109 e. The Balaban J connectivity index is 2.38. The number of aliphatic hydroxyl groups excluding tert-OH is 1. The zero-order valence-electron chi connectivity index (χ0n) is 9.69. The molecule has 16 heavy (non-hydrogen) atoms. The summed E-state index contributed by atoms with van der Waals surface area (Å²) < 4.78 is 5.41. The van der Waals surface area contributed by atoms with Crippen molar-refractivity contribution < 1.29 is 9.52 Å². The zero-order chi connectivity index (χ0) is 11.7. The van der Waals surface area contributed by atoms with Gasteiger partial charge in [-0.05, 0) is 32.4 Å². The van der Waals surface area contributed by atoms with Crippen LogP contribution in [0.5, 0.6) is 0 Å². The molecule has 0 bridgehead atoms. The molecule has 1 N–H and O–H groups in total. The van der Waals surface area contributed by atoms with Crippen LogP contribution in [-0.2, 0) is 0 Å². The van der Waals surface area contributed by atoms with Crippen LogP contribution in [-0.4, -0.2) is 10.1 Å². The molecule has 3 heteroatoms. The largest absolute Gasteiger partial charge is 0.466 e. The van der Waals surface area contributed by atoms with Crippen molar-refractivity contribution in [1.82, 2.24) is 4.98 Å². The van der Waals surface area contributed by atoms with E-state index in [4.69, 9.17) is 4.42 Å². The predicted octanol–water partition coefficient (Wildman–Crippen LogP) is 2.68. The van der Waals surface area contributed by atoms with E-state index in [-0.39, 0.29) is 0 Å². The Hall–Kier alpha value is -1.61. The average Bonchev–Trinajstić information content (AvgIpc) is 2.57. The molecular formula is C13H15NO2. The van der Waals surface area contributed by atoms with Crippen LogP contribution in [0.15, 0.2) is 28.9 Å². The first-order valence-corrected chi connectivity index (χ1v) is 5.24. The van der Waals surface area contributed by atoms with Crippen molar-refractivity contribution in [2.75, 3.05) is 0 Å². The number of hydrogen-bond acceptors (Lipinski definition) is 3. The molecule has 0 amide bonds. The van der Waals surface area contributed by atoms with E-state index in [1.54, 1.807) is 12.4 Å². The lowest BCUT2D eigenvalue weighted by atomic mass is 10.0. The van der Waals surface area contributed by atoms with Crippen molar-refractivity contribution in [1.29, 1.82) is 0 Å². The number of aryl methyl sites for hydroxylation is 3. The molecule has 0 spiro atoms. The van der Waals surface area contributed by atoms with Gasteiger partial charge in [0.1, 0.15) is 17.6 Å². The highest BCUT2D eigenvalue weighted by Gasteiger charge is 2.16. The van der Waals surface area contributed by atoms with Crippen LogP contribution in [0, 0.1) is 20.8 Å². The van der Waals surface area contributed by atoms with Crippen molar-refractivity contribution >= 4 is 0 Å². The summed E-state index contributed by atoms with van der Waals surface area (Å²) in [6, 6.07) is 3.79. The Morgan fingerprint density at radius 3 is 2.50 bits per heavy atom. The Bertz CT molecular complexity index is 502. The predicted molar refractivity (Wildman–Crippen MR) is 61.2 cm³/mol. The molecule has 0 aliphatic heterocycles. The van der Waals surface area contributed by atoms with Gasteiger partial charge in [0.05, 0.1) is 0 Å². The molecule has 2 aromatic rings. The molecule has 2 rings (SSSR count). The third-order valence-electron chi connectivity index (χ3n) is 2.59. The number of aliphatic hydroxyl groups is 1. The summed E-state index contributed by atoms with van der Waals surface area (Å²) in [6.07, 6.45) is 2.79. The fourth-order valence-electron chi connectivity index (χ4n) is 1.83. The monoisotopic (exact) mass is 217 g/mol. The summed E-state index contributed by atoms with van der Waals surface area (Å²) in [5, 5.41) is 10.2. The van der Waals surface area contributed by atoms with Gasteiger partial charge in [0, 0.05) is 23.5 Å². The van der Waals surface area contributed by atoms with Crippen LogP contribution in [0.4, 0.5) is 0 Å². The molecule has 1 atom stereocenters. The van der Waals surface area contributed by atoms with E-state index in [1.165, 1.54) is 0 Å². The van der Waals surface area contributed by atoms with Gasteiger partial charge in [-0.3, -0.25) is 4.98 Å². The van der Waals surface area contributed by atoms with Gasteiger partial charge in [0.2, 0.25) is 0 Å². The number of rotatable bonds is 2. The molecule has 0 radical (unpaired) electrons. The maximum absolute atomic E-state index is 10.2. The van der Waals surface area contributed by atoms with Crippen LogP contribution >= 0.6 is 0 Å². The average molecular weight is 217 g/mol. The molecule has 0 aliphatic carbocycles. The maximum atomic E-state index is 10.2. The molecule has 0 saturated heterocycles. The minimum Gasteiger partial charge on any atom is -0.466 e. The zero-order valence-corrected chi connectivity index (χ0v) is 9.69. The first kappa shape index (κ1) is 10.9. The first-order chi connectivity index (χ1) is 7.58. The number of hydrogen-bond donors (Lipinski definition) is 1. The van der Waals surface area contributed by atoms with E-state index < -0.39 is 6.10 Å². The van der Waals surface area contributed by atoms with Gasteiger partial charge in [-0.25, -0.2) is 0 Å². The Morgan fingerprint density at radius 2 is 1.94 bits per heavy atom. The summed E-state index contributed by atoms with van der Waals surface area (Å²) >= 11 is 0. The molecule has 2 heterocycles. The fourth-order valence-corrected chi connectivity index (χ4v) is 1.83. The Kier molecular flexibility index (Phi) is 2.79. The van der Waals surface area contributed by atoms with E-state index in [0.717, 1.165) is 28.2 Å². The number of nitrogens with zero attached hydrogens (tertiary/aromatic N) is 1. The highest BCUT2D eigenvalue weighted by Crippen LogP contribution is 2.27. The summed E-state index contributed by atoms with van der Waals surface area (Å²) in [4.78, 5) is 4.08. The summed E-state index contributed by atoms with van der Waals surface area (Å²) in [5.74, 6) is 1.57. The molecule has 0 saturated carbocycles. The quantitative estimate of drug-likeness (QED) is 0.841. The Labute approximate surface area is 94.8 Å². The van der Waals surface area contributed by atoms with Gasteiger partial charge >= 0.3 is 0 Å². The fraction of sp³-hybridized carbons (Fsp3) is 0.308. The van der Waals surface area contributed by atoms with Crippen molar-refractivity contribution in [2.45, 2.75) is 26.9 Å². The molecule has 3 nitrogen and oxygen atoms in total. The number of aromatic nitrogens is 1. The maximum Gasteiger partial charge on any atom is 0.109 e. The van der Waals surface area contributed by atoms with E-state index >= 15 is 0 Å². The van der Waals surface area contributed by atoms with Gasteiger partial charge in [-0.1, -0.05) is 6.07 Å². The van der Waals surface area contributed by atoms with Crippen molar-refractivity contribution in [3.05, 3.63) is 52.7 Å². The second-order valence-corrected chi connectivity index (χ2v) is 4.07. The molecule has 0 aliphatic rings. The van der Waals surface area contributed by atoms with E-state index in [9.17, 15) is 5.11 Å². The highest BCUT2D eigenvalue weighted by atomic mass is 16.3. The molecule has 0 fully saturated rings. The van der Waals surface area contributed by atoms with Gasteiger partial charge in [-0.2, -0.15) is 0 Å². The normalized spacial score (nSPS) is 12.8. The minimum atomic E-state index is -0.662. The van der Waals surface area contributed by atoms with E-state index in [0.29, 0.717) is 0 Å². The lowest BCUT2D eigenvalue weighted by Gasteiger charge is -2.09. The van der Waals surface area contributed by atoms with Crippen molar-refractivity contribution in [3.8, 4) is 0 Å². The summed E-state index contributed by atoms with van der Waals surface area (Å²) in [6.45, 7) is 5.68.